The predicted octanol–water partition coefficient (Wildman–Crippen LogP) is 2.03. The first-order valence-corrected chi connectivity index (χ1v) is 9.13. The molecule has 1 aliphatic rings. The zero-order valence-electron chi connectivity index (χ0n) is 15.4. The summed E-state index contributed by atoms with van der Waals surface area (Å²) in [5.41, 5.74) is 4.21. The number of hydrogen-bond donors (Lipinski definition) is 2. The second kappa shape index (κ2) is 7.82. The Labute approximate surface area is 148 Å². The van der Waals surface area contributed by atoms with Crippen LogP contribution in [0.4, 0.5) is 0 Å². The Hall–Kier alpha value is -2.15. The van der Waals surface area contributed by atoms with E-state index in [-0.39, 0.29) is 5.91 Å². The predicted molar refractivity (Wildman–Crippen MR) is 97.5 cm³/mol. The summed E-state index contributed by atoms with van der Waals surface area (Å²) in [6.07, 6.45) is 4.94. The molecule has 1 amide bonds. The van der Waals surface area contributed by atoms with Crippen LogP contribution in [0.15, 0.2) is 6.07 Å². The summed E-state index contributed by atoms with van der Waals surface area (Å²) in [5, 5.41) is 14.5. The lowest BCUT2D eigenvalue weighted by Crippen LogP contribution is -2.33. The Kier molecular flexibility index (Phi) is 5.53. The van der Waals surface area contributed by atoms with Crippen molar-refractivity contribution in [3.8, 4) is 11.3 Å². The summed E-state index contributed by atoms with van der Waals surface area (Å²) in [7, 11) is 1.91. The molecule has 7 nitrogen and oxygen atoms in total. The van der Waals surface area contributed by atoms with Crippen LogP contribution in [0.5, 0.6) is 0 Å². The van der Waals surface area contributed by atoms with Gasteiger partial charge in [-0.25, -0.2) is 0 Å². The highest BCUT2D eigenvalue weighted by atomic mass is 16.1. The van der Waals surface area contributed by atoms with Gasteiger partial charge in [0.25, 0.3) is 5.91 Å². The molecule has 136 valence electrons. The smallest absolute Gasteiger partial charge is 0.269 e. The number of nitrogens with one attached hydrogen (secondary N) is 2. The Morgan fingerprint density at radius 2 is 2.04 bits per heavy atom. The molecule has 3 rings (SSSR count). The van der Waals surface area contributed by atoms with Gasteiger partial charge in [0.2, 0.25) is 0 Å². The number of aromatic amines is 1. The van der Waals surface area contributed by atoms with Crippen molar-refractivity contribution < 1.29 is 4.79 Å². The minimum Gasteiger partial charge on any atom is -0.351 e. The highest BCUT2D eigenvalue weighted by Gasteiger charge is 2.17. The summed E-state index contributed by atoms with van der Waals surface area (Å²) >= 11 is 0. The van der Waals surface area contributed by atoms with E-state index in [2.05, 4.69) is 25.5 Å². The third-order valence-electron chi connectivity index (χ3n) is 4.97. The Balaban J connectivity index is 1.52. The van der Waals surface area contributed by atoms with E-state index in [9.17, 15) is 4.79 Å². The van der Waals surface area contributed by atoms with Crippen molar-refractivity contribution in [3.05, 3.63) is 23.1 Å². The molecule has 1 saturated heterocycles. The summed E-state index contributed by atoms with van der Waals surface area (Å²) in [5.74, 6) is -0.100. The summed E-state index contributed by atoms with van der Waals surface area (Å²) in [6.45, 7) is 8.10. The summed E-state index contributed by atoms with van der Waals surface area (Å²) in [4.78, 5) is 14.8. The minimum absolute atomic E-state index is 0.100. The van der Waals surface area contributed by atoms with Gasteiger partial charge in [0.15, 0.2) is 0 Å². The Morgan fingerprint density at radius 1 is 1.28 bits per heavy atom. The highest BCUT2D eigenvalue weighted by Crippen LogP contribution is 2.25. The molecule has 2 aromatic heterocycles. The molecule has 1 fully saturated rings. The van der Waals surface area contributed by atoms with Gasteiger partial charge in [-0.2, -0.15) is 10.2 Å². The number of rotatable bonds is 6. The summed E-state index contributed by atoms with van der Waals surface area (Å²) in [6, 6.07) is 1.80. The van der Waals surface area contributed by atoms with Gasteiger partial charge in [-0.05, 0) is 58.8 Å². The lowest BCUT2D eigenvalue weighted by atomic mass is 10.1. The van der Waals surface area contributed by atoms with Crippen LogP contribution in [-0.4, -0.2) is 57.0 Å². The average molecular weight is 344 g/mol. The van der Waals surface area contributed by atoms with E-state index >= 15 is 0 Å². The Morgan fingerprint density at radius 3 is 2.72 bits per heavy atom. The largest absolute Gasteiger partial charge is 0.351 e. The van der Waals surface area contributed by atoms with Crippen molar-refractivity contribution in [2.75, 3.05) is 26.2 Å². The molecule has 0 bridgehead atoms. The maximum Gasteiger partial charge on any atom is 0.269 e. The fourth-order valence-corrected chi connectivity index (χ4v) is 3.49. The van der Waals surface area contributed by atoms with E-state index in [1.54, 1.807) is 6.07 Å². The number of aryl methyl sites for hydroxylation is 2. The van der Waals surface area contributed by atoms with E-state index in [0.717, 1.165) is 35.6 Å². The monoisotopic (exact) mass is 344 g/mol. The van der Waals surface area contributed by atoms with Crippen molar-refractivity contribution in [3.63, 3.8) is 0 Å². The number of amides is 1. The molecule has 0 aliphatic carbocycles. The van der Waals surface area contributed by atoms with E-state index in [4.69, 9.17) is 0 Å². The molecular formula is C18H28N6O. The van der Waals surface area contributed by atoms with Crippen LogP contribution in [0.3, 0.4) is 0 Å². The Bertz CT molecular complexity index is 726. The van der Waals surface area contributed by atoms with Gasteiger partial charge in [-0.3, -0.25) is 14.6 Å². The van der Waals surface area contributed by atoms with Crippen molar-refractivity contribution in [2.45, 2.75) is 39.5 Å². The maximum absolute atomic E-state index is 12.3. The lowest BCUT2D eigenvalue weighted by molar-refractivity contribution is 0.0946. The molecule has 2 N–H and O–H groups in total. The molecule has 0 radical (unpaired) electrons. The number of hydrogen-bond acceptors (Lipinski definition) is 4. The second-order valence-corrected chi connectivity index (χ2v) is 6.85. The maximum atomic E-state index is 12.3. The zero-order valence-corrected chi connectivity index (χ0v) is 15.4. The van der Waals surface area contributed by atoms with Crippen LogP contribution in [0.25, 0.3) is 11.3 Å². The first-order chi connectivity index (χ1) is 12.1. The number of likely N-dealkylation sites (tertiary alicyclic amines) is 1. The number of aromatic nitrogens is 4. The third-order valence-corrected chi connectivity index (χ3v) is 4.97. The normalized spacial score (nSPS) is 15.5. The molecule has 0 unspecified atom stereocenters. The molecule has 7 heteroatoms. The fraction of sp³-hybridized carbons (Fsp3) is 0.611. The van der Waals surface area contributed by atoms with Crippen LogP contribution in [0.1, 0.15) is 47.6 Å². The van der Waals surface area contributed by atoms with E-state index in [1.807, 2.05) is 25.6 Å². The van der Waals surface area contributed by atoms with Crippen LogP contribution in [-0.2, 0) is 7.05 Å². The molecule has 0 saturated carbocycles. The van der Waals surface area contributed by atoms with Gasteiger partial charge in [0, 0.05) is 24.8 Å². The average Bonchev–Trinajstić information content (AvgIpc) is 3.17. The number of piperidine rings is 1. The standard InChI is InChI=1S/C18H28N6O/c1-13-17(14(2)23(3)22-13)15-12-16(21-20-15)18(25)19-8-7-11-24-9-5-4-6-10-24/h12H,4-11H2,1-3H3,(H,19,25)(H,20,21). The molecule has 2 aromatic rings. The molecule has 1 aliphatic heterocycles. The molecule has 0 spiro atoms. The van der Waals surface area contributed by atoms with Gasteiger partial charge < -0.3 is 10.2 Å². The number of carbonyl (C=O) groups excluding carboxylic acids is 1. The van der Waals surface area contributed by atoms with Crippen LogP contribution in [0.2, 0.25) is 0 Å². The van der Waals surface area contributed by atoms with Gasteiger partial charge >= 0.3 is 0 Å². The molecule has 0 aromatic carbocycles. The number of nitrogens with zero attached hydrogens (tertiary/aromatic N) is 4. The van der Waals surface area contributed by atoms with Gasteiger partial charge in [0.1, 0.15) is 5.69 Å². The van der Waals surface area contributed by atoms with E-state index in [0.29, 0.717) is 12.2 Å². The molecular weight excluding hydrogens is 316 g/mol. The topological polar surface area (TPSA) is 78.8 Å². The first kappa shape index (κ1) is 17.7. The minimum atomic E-state index is -0.100. The van der Waals surface area contributed by atoms with E-state index in [1.165, 1.54) is 32.4 Å². The van der Waals surface area contributed by atoms with Crippen LogP contribution in [0, 0.1) is 13.8 Å². The van der Waals surface area contributed by atoms with E-state index < -0.39 is 0 Å². The second-order valence-electron chi connectivity index (χ2n) is 6.85. The van der Waals surface area contributed by atoms with Crippen molar-refractivity contribution in [2.24, 2.45) is 7.05 Å². The molecule has 25 heavy (non-hydrogen) atoms. The number of carbonyl (C=O) groups is 1. The van der Waals surface area contributed by atoms with Crippen LogP contribution >= 0.6 is 0 Å². The fourth-order valence-electron chi connectivity index (χ4n) is 3.49. The summed E-state index contributed by atoms with van der Waals surface area (Å²) < 4.78 is 1.83. The van der Waals surface area contributed by atoms with Gasteiger partial charge in [0.05, 0.1) is 11.4 Å². The number of H-pyrrole nitrogens is 1. The van der Waals surface area contributed by atoms with Crippen molar-refractivity contribution in [1.29, 1.82) is 0 Å². The lowest BCUT2D eigenvalue weighted by Gasteiger charge is -2.26. The van der Waals surface area contributed by atoms with Gasteiger partial charge in [-0.15, -0.1) is 0 Å². The van der Waals surface area contributed by atoms with Gasteiger partial charge in [-0.1, -0.05) is 6.42 Å². The van der Waals surface area contributed by atoms with Crippen LogP contribution < -0.4 is 5.32 Å². The SMILES string of the molecule is Cc1nn(C)c(C)c1-c1cc(C(=O)NCCCN2CCCCC2)[nH]n1. The first-order valence-electron chi connectivity index (χ1n) is 9.13. The quantitative estimate of drug-likeness (QED) is 0.786. The third kappa shape index (κ3) is 4.10. The van der Waals surface area contributed by atoms with Crippen molar-refractivity contribution >= 4 is 5.91 Å². The molecule has 0 atom stereocenters. The molecule has 3 heterocycles. The highest BCUT2D eigenvalue weighted by molar-refractivity contribution is 5.93. The van der Waals surface area contributed by atoms with Crippen molar-refractivity contribution in [1.82, 2.24) is 30.2 Å². The zero-order chi connectivity index (χ0) is 17.8.